The van der Waals surface area contributed by atoms with Crippen LogP contribution in [0.1, 0.15) is 25.0 Å². The first-order chi connectivity index (χ1) is 12.9. The van der Waals surface area contributed by atoms with Gasteiger partial charge in [0.1, 0.15) is 0 Å². The van der Waals surface area contributed by atoms with Crippen molar-refractivity contribution < 1.29 is 13.2 Å². The summed E-state index contributed by atoms with van der Waals surface area (Å²) in [5.41, 5.74) is 3.03. The Balaban J connectivity index is 1.90. The van der Waals surface area contributed by atoms with Crippen molar-refractivity contribution in [1.82, 2.24) is 4.31 Å². The van der Waals surface area contributed by atoms with Gasteiger partial charge in [0.05, 0.1) is 10.6 Å². The highest BCUT2D eigenvalue weighted by Gasteiger charge is 2.21. The molecule has 27 heavy (non-hydrogen) atoms. The average molecular weight is 407 g/mol. The maximum absolute atomic E-state index is 12.5. The minimum atomic E-state index is -3.48. The van der Waals surface area contributed by atoms with Crippen LogP contribution >= 0.6 is 11.8 Å². The third-order valence-corrected chi connectivity index (χ3v) is 7.28. The number of hydrogen-bond donors (Lipinski definition) is 1. The first-order valence-electron chi connectivity index (χ1n) is 8.90. The second kappa shape index (κ2) is 9.92. The van der Waals surface area contributed by atoms with Gasteiger partial charge >= 0.3 is 0 Å². The molecule has 0 saturated heterocycles. The van der Waals surface area contributed by atoms with Crippen molar-refractivity contribution in [3.8, 4) is 0 Å². The zero-order chi connectivity index (χ0) is 19.9. The number of carbonyl (C=O) groups excluding carboxylic acids is 1. The van der Waals surface area contributed by atoms with Crippen molar-refractivity contribution in [3.63, 3.8) is 0 Å². The number of benzene rings is 2. The van der Waals surface area contributed by atoms with Gasteiger partial charge < -0.3 is 5.32 Å². The molecule has 2 rings (SSSR count). The number of anilines is 1. The van der Waals surface area contributed by atoms with Gasteiger partial charge in [-0.2, -0.15) is 4.31 Å². The third-order valence-electron chi connectivity index (χ3n) is 4.23. The number of nitrogens with one attached hydrogen (secondary N) is 1. The van der Waals surface area contributed by atoms with Crippen LogP contribution in [0.4, 0.5) is 5.69 Å². The average Bonchev–Trinajstić information content (AvgIpc) is 2.64. The lowest BCUT2D eigenvalue weighted by Gasteiger charge is -2.18. The lowest BCUT2D eigenvalue weighted by Crippen LogP contribution is -2.30. The Kier molecular flexibility index (Phi) is 7.89. The molecule has 5 nitrogen and oxygen atoms in total. The van der Waals surface area contributed by atoms with Crippen molar-refractivity contribution in [2.45, 2.75) is 31.4 Å². The van der Waals surface area contributed by atoms with Gasteiger partial charge in [0.2, 0.25) is 15.9 Å². The van der Waals surface area contributed by atoms with Crippen LogP contribution in [0.25, 0.3) is 0 Å². The van der Waals surface area contributed by atoms with Crippen LogP contribution in [-0.2, 0) is 20.6 Å². The number of amides is 1. The van der Waals surface area contributed by atoms with Gasteiger partial charge in [0.25, 0.3) is 0 Å². The molecule has 7 heteroatoms. The second-order valence-corrected chi connectivity index (χ2v) is 9.00. The number of carbonyl (C=O) groups is 1. The number of nitrogens with zero attached hydrogens (tertiary/aromatic N) is 1. The Morgan fingerprint density at radius 2 is 1.67 bits per heavy atom. The van der Waals surface area contributed by atoms with Crippen LogP contribution in [0.3, 0.4) is 0 Å². The standard InChI is InChI=1S/C20H26N2O3S2/c1-4-22(5-2)27(24,25)19-12-10-18(11-13-19)21-20(23)15-26-14-17-9-7-6-8-16(17)3/h6-13H,4-5,14-15H2,1-3H3,(H,21,23). The van der Waals surface area contributed by atoms with Gasteiger partial charge in [-0.3, -0.25) is 4.79 Å². The SMILES string of the molecule is CCN(CC)S(=O)(=O)c1ccc(NC(=O)CSCc2ccccc2C)cc1. The van der Waals surface area contributed by atoms with E-state index in [4.69, 9.17) is 0 Å². The Hall–Kier alpha value is -1.83. The number of aryl methyl sites for hydroxylation is 1. The summed E-state index contributed by atoms with van der Waals surface area (Å²) >= 11 is 1.55. The van der Waals surface area contributed by atoms with Gasteiger partial charge in [-0.25, -0.2) is 8.42 Å². The van der Waals surface area contributed by atoms with Crippen LogP contribution in [0, 0.1) is 6.92 Å². The molecule has 0 aliphatic rings. The summed E-state index contributed by atoms with van der Waals surface area (Å²) in [5, 5.41) is 2.81. The predicted octanol–water partition coefficient (Wildman–Crippen LogP) is 3.90. The Morgan fingerprint density at radius 1 is 1.04 bits per heavy atom. The zero-order valence-electron chi connectivity index (χ0n) is 15.9. The molecule has 1 amide bonds. The molecular formula is C20H26N2O3S2. The van der Waals surface area contributed by atoms with Crippen molar-refractivity contribution in [2.24, 2.45) is 0 Å². The first kappa shape index (κ1) is 21.5. The quantitative estimate of drug-likeness (QED) is 0.686. The summed E-state index contributed by atoms with van der Waals surface area (Å²) in [6, 6.07) is 14.4. The molecule has 146 valence electrons. The van der Waals surface area contributed by atoms with Crippen molar-refractivity contribution in [1.29, 1.82) is 0 Å². The molecule has 0 radical (unpaired) electrons. The summed E-state index contributed by atoms with van der Waals surface area (Å²) in [6.07, 6.45) is 0. The molecule has 1 N–H and O–H groups in total. The largest absolute Gasteiger partial charge is 0.325 e. The molecule has 0 aliphatic heterocycles. The number of rotatable bonds is 9. The maximum atomic E-state index is 12.5. The highest BCUT2D eigenvalue weighted by atomic mass is 32.2. The molecule has 0 fully saturated rings. The molecule has 0 unspecified atom stereocenters. The van der Waals surface area contributed by atoms with E-state index in [1.54, 1.807) is 23.9 Å². The number of sulfonamides is 1. The van der Waals surface area contributed by atoms with E-state index >= 15 is 0 Å². The topological polar surface area (TPSA) is 66.5 Å². The molecule has 0 atom stereocenters. The molecule has 2 aromatic rings. The first-order valence-corrected chi connectivity index (χ1v) is 11.5. The van der Waals surface area contributed by atoms with E-state index in [0.29, 0.717) is 24.5 Å². The predicted molar refractivity (Wildman–Crippen MR) is 113 cm³/mol. The molecule has 0 bridgehead atoms. The molecule has 0 aromatic heterocycles. The second-order valence-electron chi connectivity index (χ2n) is 6.08. The fourth-order valence-electron chi connectivity index (χ4n) is 2.65. The van der Waals surface area contributed by atoms with Crippen LogP contribution in [0.5, 0.6) is 0 Å². The third kappa shape index (κ3) is 5.82. The van der Waals surface area contributed by atoms with Crippen molar-refractivity contribution in [3.05, 3.63) is 59.7 Å². The van der Waals surface area contributed by atoms with E-state index in [9.17, 15) is 13.2 Å². The van der Waals surface area contributed by atoms with E-state index in [1.807, 2.05) is 26.0 Å². The maximum Gasteiger partial charge on any atom is 0.243 e. The fraction of sp³-hybridized carbons (Fsp3) is 0.350. The van der Waals surface area contributed by atoms with E-state index < -0.39 is 10.0 Å². The minimum Gasteiger partial charge on any atom is -0.325 e. The summed E-state index contributed by atoms with van der Waals surface area (Å²) in [6.45, 7) is 6.53. The van der Waals surface area contributed by atoms with Gasteiger partial charge in [0.15, 0.2) is 0 Å². The Bertz CT molecular complexity index is 861. The summed E-state index contributed by atoms with van der Waals surface area (Å²) in [5.74, 6) is 1.02. The van der Waals surface area contributed by atoms with Crippen molar-refractivity contribution in [2.75, 3.05) is 24.2 Å². The Labute approximate surface area is 166 Å². The summed E-state index contributed by atoms with van der Waals surface area (Å²) < 4.78 is 26.3. The lowest BCUT2D eigenvalue weighted by molar-refractivity contribution is -0.113. The monoisotopic (exact) mass is 406 g/mol. The molecular weight excluding hydrogens is 380 g/mol. The van der Waals surface area contributed by atoms with Crippen LogP contribution < -0.4 is 5.32 Å². The summed E-state index contributed by atoms with van der Waals surface area (Å²) in [4.78, 5) is 12.3. The van der Waals surface area contributed by atoms with Gasteiger partial charge in [0, 0.05) is 24.5 Å². The van der Waals surface area contributed by atoms with Crippen molar-refractivity contribution >= 4 is 33.4 Å². The van der Waals surface area contributed by atoms with E-state index in [1.165, 1.54) is 27.6 Å². The highest BCUT2D eigenvalue weighted by Crippen LogP contribution is 2.19. The molecule has 0 aliphatic carbocycles. The molecule has 2 aromatic carbocycles. The highest BCUT2D eigenvalue weighted by molar-refractivity contribution is 7.99. The van der Waals surface area contributed by atoms with Gasteiger partial charge in [-0.1, -0.05) is 38.1 Å². The lowest BCUT2D eigenvalue weighted by atomic mass is 10.1. The molecule has 0 spiro atoms. The van der Waals surface area contributed by atoms with E-state index in [0.717, 1.165) is 5.75 Å². The fourth-order valence-corrected chi connectivity index (χ4v) is 5.01. The van der Waals surface area contributed by atoms with Crippen LogP contribution in [0.2, 0.25) is 0 Å². The minimum absolute atomic E-state index is 0.104. The van der Waals surface area contributed by atoms with Crippen LogP contribution in [0.15, 0.2) is 53.4 Å². The van der Waals surface area contributed by atoms with Crippen LogP contribution in [-0.4, -0.2) is 37.5 Å². The molecule has 0 heterocycles. The zero-order valence-corrected chi connectivity index (χ0v) is 17.6. The van der Waals surface area contributed by atoms with E-state index in [-0.39, 0.29) is 10.8 Å². The number of thioether (sulfide) groups is 1. The Morgan fingerprint density at radius 3 is 2.26 bits per heavy atom. The van der Waals surface area contributed by atoms with Gasteiger partial charge in [-0.15, -0.1) is 11.8 Å². The smallest absolute Gasteiger partial charge is 0.243 e. The molecule has 0 saturated carbocycles. The normalized spacial score (nSPS) is 11.6. The number of hydrogen-bond acceptors (Lipinski definition) is 4. The van der Waals surface area contributed by atoms with Gasteiger partial charge in [-0.05, 0) is 42.3 Å². The van der Waals surface area contributed by atoms with E-state index in [2.05, 4.69) is 24.4 Å². The summed E-state index contributed by atoms with van der Waals surface area (Å²) in [7, 11) is -3.48.